The van der Waals surface area contributed by atoms with Gasteiger partial charge in [-0.05, 0) is 36.6 Å². The molecule has 6 nitrogen and oxygen atoms in total. The van der Waals surface area contributed by atoms with Crippen molar-refractivity contribution in [2.24, 2.45) is 0 Å². The van der Waals surface area contributed by atoms with E-state index in [1.165, 1.54) is 16.9 Å². The normalized spacial score (nSPS) is 12.8. The number of hydrogen-bond donors (Lipinski definition) is 1. The van der Waals surface area contributed by atoms with Crippen LogP contribution in [0.2, 0.25) is 0 Å². The highest BCUT2D eigenvalue weighted by Gasteiger charge is 2.23. The van der Waals surface area contributed by atoms with Crippen molar-refractivity contribution in [3.05, 3.63) is 65.9 Å². The van der Waals surface area contributed by atoms with E-state index < -0.39 is 0 Å². The summed E-state index contributed by atoms with van der Waals surface area (Å²) in [6.45, 7) is 0.674. The highest BCUT2D eigenvalue weighted by atomic mass is 32.1. The molecule has 3 aromatic rings. The number of benzene rings is 2. The van der Waals surface area contributed by atoms with Crippen LogP contribution in [0.4, 0.5) is 15.6 Å². The van der Waals surface area contributed by atoms with Crippen LogP contribution < -0.4 is 15.0 Å². The van der Waals surface area contributed by atoms with E-state index in [1.54, 1.807) is 35.4 Å². The Kier molecular flexibility index (Phi) is 4.73. The van der Waals surface area contributed by atoms with Crippen molar-refractivity contribution in [3.8, 4) is 16.9 Å². The van der Waals surface area contributed by atoms with Crippen LogP contribution in [0.3, 0.4) is 0 Å². The lowest BCUT2D eigenvalue weighted by Gasteiger charge is -2.29. The van der Waals surface area contributed by atoms with E-state index in [4.69, 9.17) is 10.00 Å². The molecular weight excluding hydrogens is 360 g/mol. The number of aryl methyl sites for hydroxylation is 1. The topological polar surface area (TPSA) is 78.2 Å². The quantitative estimate of drug-likeness (QED) is 0.713. The zero-order valence-corrected chi connectivity index (χ0v) is 15.2. The van der Waals surface area contributed by atoms with Crippen LogP contribution in [0.25, 0.3) is 0 Å². The molecule has 1 aliphatic rings. The smallest absolute Gasteiger partial charge is 0.328 e. The highest BCUT2D eigenvalue weighted by molar-refractivity contribution is 7.17. The average molecular weight is 376 g/mol. The number of hydrogen-bond acceptors (Lipinski definition) is 5. The van der Waals surface area contributed by atoms with Crippen LogP contribution in [-0.4, -0.2) is 17.6 Å². The van der Waals surface area contributed by atoms with Gasteiger partial charge in [0.15, 0.2) is 5.13 Å². The molecule has 2 amide bonds. The van der Waals surface area contributed by atoms with Crippen molar-refractivity contribution < 1.29 is 9.53 Å². The Balaban J connectivity index is 1.47. The summed E-state index contributed by atoms with van der Waals surface area (Å²) in [5.41, 5.74) is 2.56. The lowest BCUT2D eigenvalue weighted by molar-refractivity contribution is 0.256. The molecule has 2 aromatic carbocycles. The van der Waals surface area contributed by atoms with Crippen molar-refractivity contribution in [2.75, 3.05) is 16.8 Å². The van der Waals surface area contributed by atoms with Gasteiger partial charge >= 0.3 is 6.03 Å². The monoisotopic (exact) mass is 376 g/mol. The highest BCUT2D eigenvalue weighted by Crippen LogP contribution is 2.33. The van der Waals surface area contributed by atoms with Gasteiger partial charge in [-0.1, -0.05) is 41.7 Å². The van der Waals surface area contributed by atoms with Crippen LogP contribution in [-0.2, 0) is 6.42 Å². The zero-order chi connectivity index (χ0) is 18.6. The third-order valence-electron chi connectivity index (χ3n) is 4.27. The number of thiazole rings is 1. The maximum Gasteiger partial charge on any atom is 0.328 e. The number of nitrogens with one attached hydrogen (secondary N) is 1. The van der Waals surface area contributed by atoms with Crippen molar-refractivity contribution in [3.63, 3.8) is 0 Å². The summed E-state index contributed by atoms with van der Waals surface area (Å²) >= 11 is 1.22. The van der Waals surface area contributed by atoms with Gasteiger partial charge in [-0.3, -0.25) is 10.2 Å². The summed E-state index contributed by atoms with van der Waals surface area (Å²) in [6.07, 6.45) is 3.45. The number of para-hydroxylation sites is 2. The van der Waals surface area contributed by atoms with Gasteiger partial charge in [-0.2, -0.15) is 5.26 Å². The van der Waals surface area contributed by atoms with Gasteiger partial charge in [0.05, 0.1) is 11.8 Å². The average Bonchev–Trinajstić information content (AvgIpc) is 3.14. The predicted octanol–water partition coefficient (Wildman–Crippen LogP) is 4.79. The van der Waals surface area contributed by atoms with E-state index in [-0.39, 0.29) is 6.03 Å². The van der Waals surface area contributed by atoms with E-state index in [0.29, 0.717) is 28.1 Å². The minimum atomic E-state index is -0.208. The molecule has 7 heteroatoms. The van der Waals surface area contributed by atoms with E-state index in [2.05, 4.69) is 22.4 Å². The molecule has 1 N–H and O–H groups in total. The number of ether oxygens (including phenoxy) is 1. The van der Waals surface area contributed by atoms with E-state index >= 15 is 0 Å². The molecular formula is C20H16N4O2S. The fraction of sp³-hybridized carbons (Fsp3) is 0.150. The molecule has 0 spiro atoms. The second-order valence-corrected chi connectivity index (χ2v) is 7.00. The standard InChI is InChI=1S/C20H16N4O2S/c21-12-15-7-2-4-10-17(15)26-18-13-22-19(27-18)23-20(25)24-11-5-8-14-6-1-3-9-16(14)24/h1-4,6-7,9-10,13H,5,8,11H2,(H,22,23,25). The molecule has 0 radical (unpaired) electrons. The fourth-order valence-corrected chi connectivity index (χ4v) is 3.70. The molecule has 0 bridgehead atoms. The molecule has 4 rings (SSSR count). The summed E-state index contributed by atoms with van der Waals surface area (Å²) in [5.74, 6) is 0.464. The molecule has 2 heterocycles. The third kappa shape index (κ3) is 3.61. The first-order valence-corrected chi connectivity index (χ1v) is 9.35. The Morgan fingerprint density at radius 3 is 2.93 bits per heavy atom. The van der Waals surface area contributed by atoms with E-state index in [9.17, 15) is 4.79 Å². The zero-order valence-electron chi connectivity index (χ0n) is 14.4. The lowest BCUT2D eigenvalue weighted by Crippen LogP contribution is -2.38. The van der Waals surface area contributed by atoms with E-state index in [1.807, 2.05) is 18.2 Å². The van der Waals surface area contributed by atoms with Crippen LogP contribution in [0.15, 0.2) is 54.7 Å². The number of carbonyl (C=O) groups is 1. The number of urea groups is 1. The van der Waals surface area contributed by atoms with Gasteiger partial charge in [-0.15, -0.1) is 0 Å². The van der Waals surface area contributed by atoms with Gasteiger partial charge in [0.2, 0.25) is 5.06 Å². The first-order valence-electron chi connectivity index (χ1n) is 8.54. The number of anilines is 2. The first-order chi connectivity index (χ1) is 13.2. The Hall–Kier alpha value is -3.37. The largest absolute Gasteiger partial charge is 0.444 e. The predicted molar refractivity (Wildman–Crippen MR) is 104 cm³/mol. The third-order valence-corrected chi connectivity index (χ3v) is 5.06. The van der Waals surface area contributed by atoms with Gasteiger partial charge in [0.25, 0.3) is 0 Å². The maximum absolute atomic E-state index is 12.7. The Morgan fingerprint density at radius 2 is 2.04 bits per heavy atom. The summed E-state index contributed by atoms with van der Waals surface area (Å²) < 4.78 is 5.73. The molecule has 0 saturated carbocycles. The fourth-order valence-electron chi connectivity index (χ4n) is 3.02. The lowest BCUT2D eigenvalue weighted by atomic mass is 10.0. The second-order valence-electron chi connectivity index (χ2n) is 6.01. The van der Waals surface area contributed by atoms with Crippen molar-refractivity contribution in [2.45, 2.75) is 12.8 Å². The number of carbonyl (C=O) groups excluding carboxylic acids is 1. The molecule has 0 saturated heterocycles. The molecule has 0 aliphatic carbocycles. The molecule has 0 fully saturated rings. The summed E-state index contributed by atoms with van der Waals surface area (Å²) in [6, 6.07) is 16.8. The van der Waals surface area contributed by atoms with E-state index in [0.717, 1.165) is 18.5 Å². The number of nitrogens with zero attached hydrogens (tertiary/aromatic N) is 3. The van der Waals surface area contributed by atoms with Gasteiger partial charge in [0.1, 0.15) is 11.8 Å². The molecule has 134 valence electrons. The summed E-state index contributed by atoms with van der Waals surface area (Å²) in [5, 5.41) is 12.9. The Bertz CT molecular complexity index is 1020. The van der Waals surface area contributed by atoms with Crippen LogP contribution in [0, 0.1) is 11.3 Å². The van der Waals surface area contributed by atoms with Crippen molar-refractivity contribution in [1.29, 1.82) is 5.26 Å². The molecule has 0 unspecified atom stereocenters. The minimum Gasteiger partial charge on any atom is -0.444 e. The molecule has 1 aromatic heterocycles. The second kappa shape index (κ2) is 7.48. The van der Waals surface area contributed by atoms with Gasteiger partial charge < -0.3 is 4.74 Å². The van der Waals surface area contributed by atoms with Crippen molar-refractivity contribution in [1.82, 2.24) is 4.98 Å². The van der Waals surface area contributed by atoms with Gasteiger partial charge in [0, 0.05) is 12.2 Å². The molecule has 27 heavy (non-hydrogen) atoms. The summed E-state index contributed by atoms with van der Waals surface area (Å²) in [7, 11) is 0. The number of aromatic nitrogens is 1. The van der Waals surface area contributed by atoms with Crippen LogP contribution in [0.5, 0.6) is 10.8 Å². The van der Waals surface area contributed by atoms with Crippen LogP contribution >= 0.6 is 11.3 Å². The number of fused-ring (bicyclic) bond motifs is 1. The Morgan fingerprint density at radius 1 is 1.22 bits per heavy atom. The van der Waals surface area contributed by atoms with Crippen molar-refractivity contribution >= 4 is 28.2 Å². The molecule has 0 atom stereocenters. The SMILES string of the molecule is N#Cc1ccccc1Oc1cnc(NC(=O)N2CCCc3ccccc32)s1. The maximum atomic E-state index is 12.7. The van der Waals surface area contributed by atoms with Crippen LogP contribution in [0.1, 0.15) is 17.5 Å². The summed E-state index contributed by atoms with van der Waals surface area (Å²) in [4.78, 5) is 18.6. The number of rotatable bonds is 3. The minimum absolute atomic E-state index is 0.208. The Labute approximate surface area is 160 Å². The van der Waals surface area contributed by atoms with Gasteiger partial charge in [-0.25, -0.2) is 9.78 Å². The molecule has 1 aliphatic heterocycles. The number of amides is 2. The number of nitriles is 1. The first kappa shape index (κ1) is 17.1.